The Morgan fingerprint density at radius 3 is 2.66 bits per heavy atom. The minimum atomic E-state index is -4.41. The van der Waals surface area contributed by atoms with Crippen LogP contribution in [0.25, 0.3) is 0 Å². The second-order valence-corrected chi connectivity index (χ2v) is 9.05. The van der Waals surface area contributed by atoms with Crippen molar-refractivity contribution in [2.24, 2.45) is 0 Å². The van der Waals surface area contributed by atoms with Crippen molar-refractivity contribution in [2.75, 3.05) is 19.7 Å². The van der Waals surface area contributed by atoms with Crippen molar-refractivity contribution in [1.29, 1.82) is 0 Å². The van der Waals surface area contributed by atoms with Crippen LogP contribution in [0.4, 0.5) is 13.2 Å². The van der Waals surface area contributed by atoms with E-state index in [1.807, 2.05) is 6.92 Å². The molecule has 174 valence electrons. The van der Waals surface area contributed by atoms with Crippen LogP contribution in [0.15, 0.2) is 59.3 Å². The normalized spacial score (nSPS) is 15.3. The number of nitrogens with one attached hydrogen (secondary N) is 1. The summed E-state index contributed by atoms with van der Waals surface area (Å²) in [5, 5.41) is 0. The van der Waals surface area contributed by atoms with Gasteiger partial charge in [-0.3, -0.25) is 10.3 Å². The Kier molecular flexibility index (Phi) is 7.75. The number of rotatable bonds is 9. The molecule has 1 aliphatic rings. The number of benzene rings is 1. The van der Waals surface area contributed by atoms with Crippen molar-refractivity contribution in [2.45, 2.75) is 37.4 Å². The smallest absolute Gasteiger partial charge is 0.416 e. The van der Waals surface area contributed by atoms with Crippen molar-refractivity contribution in [3.05, 3.63) is 65.5 Å². The van der Waals surface area contributed by atoms with Gasteiger partial charge in [0.1, 0.15) is 4.90 Å². The summed E-state index contributed by atoms with van der Waals surface area (Å²) in [7, 11) is -3.71. The van der Waals surface area contributed by atoms with Crippen molar-refractivity contribution in [3.63, 3.8) is 0 Å². The third-order valence-electron chi connectivity index (χ3n) is 4.67. The summed E-state index contributed by atoms with van der Waals surface area (Å²) in [5.74, 6) is 0.369. The van der Waals surface area contributed by atoms with Crippen molar-refractivity contribution in [3.8, 4) is 5.88 Å². The van der Waals surface area contributed by atoms with E-state index in [0.29, 0.717) is 30.2 Å². The molecule has 7 nitrogen and oxygen atoms in total. The standard InChI is InChI=1S/C21H24F3N3O4S/c1-2-12-30-20-7-6-19(14-25-20)32(28,29)27-10-8-18(9-11-27)26-31-15-16-4-3-5-17(13-16)21(22,23)24/h3-8,13-14,26H,2,9-12,15H2,1H3. The van der Waals surface area contributed by atoms with Gasteiger partial charge in [0, 0.05) is 31.3 Å². The first-order valence-electron chi connectivity index (χ1n) is 10.0. The number of hydrogen-bond acceptors (Lipinski definition) is 6. The van der Waals surface area contributed by atoms with Gasteiger partial charge in [0.2, 0.25) is 15.9 Å². The molecule has 1 aromatic heterocycles. The van der Waals surface area contributed by atoms with E-state index in [2.05, 4.69) is 10.5 Å². The summed E-state index contributed by atoms with van der Waals surface area (Å²) in [6, 6.07) is 7.86. The monoisotopic (exact) mass is 471 g/mol. The van der Waals surface area contributed by atoms with Crippen molar-refractivity contribution < 1.29 is 31.2 Å². The lowest BCUT2D eigenvalue weighted by molar-refractivity contribution is -0.137. The number of aromatic nitrogens is 1. The number of hydroxylamine groups is 1. The highest BCUT2D eigenvalue weighted by Gasteiger charge is 2.30. The average Bonchev–Trinajstić information content (AvgIpc) is 2.78. The Labute approximate surface area is 184 Å². The van der Waals surface area contributed by atoms with E-state index >= 15 is 0 Å². The summed E-state index contributed by atoms with van der Waals surface area (Å²) >= 11 is 0. The number of alkyl halides is 3. The molecule has 0 atom stereocenters. The lowest BCUT2D eigenvalue weighted by atomic mass is 10.1. The van der Waals surface area contributed by atoms with Gasteiger partial charge in [-0.05, 0) is 36.3 Å². The SMILES string of the molecule is CCCOc1ccc(S(=O)(=O)N2CC=C(NOCc3cccc(C(F)(F)F)c3)CC2)cn1. The van der Waals surface area contributed by atoms with Gasteiger partial charge in [-0.15, -0.1) is 0 Å². The molecule has 11 heteroatoms. The Morgan fingerprint density at radius 1 is 1.22 bits per heavy atom. The molecule has 1 aliphatic heterocycles. The van der Waals surface area contributed by atoms with Crippen LogP contribution >= 0.6 is 0 Å². The van der Waals surface area contributed by atoms with Gasteiger partial charge in [-0.25, -0.2) is 13.4 Å². The molecule has 2 aromatic rings. The zero-order chi connectivity index (χ0) is 23.2. The molecule has 1 N–H and O–H groups in total. The van der Waals surface area contributed by atoms with Crippen molar-refractivity contribution in [1.82, 2.24) is 14.8 Å². The Morgan fingerprint density at radius 2 is 2.03 bits per heavy atom. The molecule has 32 heavy (non-hydrogen) atoms. The van der Waals surface area contributed by atoms with Crippen LogP contribution in [0, 0.1) is 0 Å². The van der Waals surface area contributed by atoms with Gasteiger partial charge in [-0.1, -0.05) is 19.1 Å². The van der Waals surface area contributed by atoms with Crippen LogP contribution in [0.3, 0.4) is 0 Å². The molecule has 0 saturated heterocycles. The number of pyridine rings is 1. The van der Waals surface area contributed by atoms with Crippen LogP contribution in [-0.4, -0.2) is 37.4 Å². The summed E-state index contributed by atoms with van der Waals surface area (Å²) in [6.07, 6.45) is -0.285. The molecule has 0 saturated carbocycles. The number of hydrogen-bond donors (Lipinski definition) is 1. The molecule has 3 rings (SSSR count). The topological polar surface area (TPSA) is 80.8 Å². The van der Waals surface area contributed by atoms with E-state index in [-0.39, 0.29) is 24.6 Å². The first-order valence-corrected chi connectivity index (χ1v) is 11.5. The van der Waals surface area contributed by atoms with Gasteiger partial charge < -0.3 is 4.74 Å². The van der Waals surface area contributed by atoms with Gasteiger partial charge in [0.15, 0.2) is 0 Å². The second kappa shape index (κ2) is 10.3. The van der Waals surface area contributed by atoms with E-state index < -0.39 is 21.8 Å². The highest BCUT2D eigenvalue weighted by molar-refractivity contribution is 7.89. The Hall–Kier alpha value is -2.63. The lowest BCUT2D eigenvalue weighted by Gasteiger charge is -2.26. The first kappa shape index (κ1) is 24.0. The maximum absolute atomic E-state index is 12.8. The largest absolute Gasteiger partial charge is 0.478 e. The first-order chi connectivity index (χ1) is 15.2. The fourth-order valence-electron chi connectivity index (χ4n) is 2.97. The maximum Gasteiger partial charge on any atom is 0.416 e. The highest BCUT2D eigenvalue weighted by Crippen LogP contribution is 2.29. The summed E-state index contributed by atoms with van der Waals surface area (Å²) < 4.78 is 70.6. The summed E-state index contributed by atoms with van der Waals surface area (Å²) in [6.45, 7) is 2.75. The fourth-order valence-corrected chi connectivity index (χ4v) is 4.30. The third kappa shape index (κ3) is 6.21. The van der Waals surface area contributed by atoms with E-state index in [9.17, 15) is 21.6 Å². The minimum Gasteiger partial charge on any atom is -0.478 e. The van der Waals surface area contributed by atoms with Crippen molar-refractivity contribution >= 4 is 10.0 Å². The quantitative estimate of drug-likeness (QED) is 0.559. The molecule has 0 aliphatic carbocycles. The molecular formula is C21H24F3N3O4S. The molecule has 0 fully saturated rings. The number of sulfonamides is 1. The number of nitrogens with zero attached hydrogens (tertiary/aromatic N) is 2. The lowest BCUT2D eigenvalue weighted by Crippen LogP contribution is -2.36. The van der Waals surface area contributed by atoms with Crippen LogP contribution in [0.2, 0.25) is 0 Å². The molecule has 2 heterocycles. The maximum atomic E-state index is 12.8. The molecule has 1 aromatic carbocycles. The van der Waals surface area contributed by atoms with E-state index in [4.69, 9.17) is 9.57 Å². The second-order valence-electron chi connectivity index (χ2n) is 7.11. The van der Waals surface area contributed by atoms with Gasteiger partial charge in [-0.2, -0.15) is 17.5 Å². The zero-order valence-electron chi connectivity index (χ0n) is 17.4. The van der Waals surface area contributed by atoms with Crippen LogP contribution in [0.1, 0.15) is 30.9 Å². The third-order valence-corrected chi connectivity index (χ3v) is 6.52. The summed E-state index contributed by atoms with van der Waals surface area (Å²) in [5.41, 5.74) is 2.98. The number of ether oxygens (including phenoxy) is 1. The predicted octanol–water partition coefficient (Wildman–Crippen LogP) is 3.89. The number of halogens is 3. The van der Waals surface area contributed by atoms with E-state index in [0.717, 1.165) is 18.6 Å². The van der Waals surface area contributed by atoms with E-state index in [1.165, 1.54) is 34.8 Å². The summed E-state index contributed by atoms with van der Waals surface area (Å²) in [4.78, 5) is 9.41. The van der Waals surface area contributed by atoms with Gasteiger partial charge in [0.05, 0.1) is 25.0 Å². The zero-order valence-corrected chi connectivity index (χ0v) is 18.2. The highest BCUT2D eigenvalue weighted by atomic mass is 32.2. The van der Waals surface area contributed by atoms with Gasteiger partial charge in [0.25, 0.3) is 0 Å². The Balaban J connectivity index is 1.53. The van der Waals surface area contributed by atoms with Gasteiger partial charge >= 0.3 is 6.18 Å². The van der Waals surface area contributed by atoms with E-state index in [1.54, 1.807) is 6.08 Å². The van der Waals surface area contributed by atoms with Crippen LogP contribution < -0.4 is 10.2 Å². The molecular weight excluding hydrogens is 447 g/mol. The minimum absolute atomic E-state index is 0.0681. The molecule has 0 amide bonds. The Bertz CT molecular complexity index is 1040. The molecule has 0 spiro atoms. The van der Waals surface area contributed by atoms with Crippen LogP contribution in [0.5, 0.6) is 5.88 Å². The predicted molar refractivity (Wildman–Crippen MR) is 111 cm³/mol. The fraction of sp³-hybridized carbons (Fsp3) is 0.381. The van der Waals surface area contributed by atoms with Crippen LogP contribution in [-0.2, 0) is 27.6 Å². The molecule has 0 unspecified atom stereocenters. The molecule has 0 radical (unpaired) electrons. The average molecular weight is 472 g/mol. The molecule has 0 bridgehead atoms.